The first-order valence-corrected chi connectivity index (χ1v) is 11.2. The van der Waals surface area contributed by atoms with Gasteiger partial charge in [0.15, 0.2) is 9.84 Å². The number of sulfone groups is 1. The summed E-state index contributed by atoms with van der Waals surface area (Å²) in [6.45, 7) is 0.255. The molecule has 1 aromatic heterocycles. The Bertz CT molecular complexity index is 1220. The number of pyridine rings is 1. The minimum absolute atomic E-state index is 0.0372. The molecular weight excluding hydrogens is 459 g/mol. The van der Waals surface area contributed by atoms with Gasteiger partial charge in [0, 0.05) is 30.2 Å². The molecule has 0 aliphatic carbocycles. The number of anilines is 1. The van der Waals surface area contributed by atoms with Crippen LogP contribution in [-0.2, 0) is 28.3 Å². The summed E-state index contributed by atoms with van der Waals surface area (Å²) in [6, 6.07) is 11.0. The van der Waals surface area contributed by atoms with Crippen LogP contribution in [0.3, 0.4) is 0 Å². The van der Waals surface area contributed by atoms with Crippen LogP contribution < -0.4 is 15.4 Å². The highest BCUT2D eigenvalue weighted by Crippen LogP contribution is 2.34. The van der Waals surface area contributed by atoms with Crippen molar-refractivity contribution in [3.05, 3.63) is 83.7 Å². The number of amides is 2. The van der Waals surface area contributed by atoms with E-state index in [0.29, 0.717) is 5.69 Å². The second-order valence-electron chi connectivity index (χ2n) is 6.98. The van der Waals surface area contributed by atoms with Gasteiger partial charge >= 0.3 is 12.2 Å². The van der Waals surface area contributed by atoms with Gasteiger partial charge in [-0.15, -0.1) is 0 Å². The molecule has 0 fully saturated rings. The molecule has 3 aromatic rings. The van der Waals surface area contributed by atoms with Crippen molar-refractivity contribution in [2.75, 3.05) is 12.4 Å². The lowest BCUT2D eigenvalue weighted by molar-refractivity contribution is -0.137. The monoisotopic (exact) mass is 479 g/mol. The number of methoxy groups -OCH3 is 1. The fraction of sp³-hybridized carbons (Fsp3) is 0.182. The van der Waals surface area contributed by atoms with Gasteiger partial charge in [-0.05, 0) is 54.1 Å². The van der Waals surface area contributed by atoms with Crippen LogP contribution in [0.15, 0.2) is 71.9 Å². The maximum Gasteiger partial charge on any atom is 0.416 e. The topological polar surface area (TPSA) is 97.4 Å². The Hall–Kier alpha value is -3.60. The van der Waals surface area contributed by atoms with Crippen molar-refractivity contribution in [3.8, 4) is 5.75 Å². The number of alkyl halides is 3. The van der Waals surface area contributed by atoms with Crippen molar-refractivity contribution >= 4 is 21.6 Å². The molecule has 2 aromatic carbocycles. The lowest BCUT2D eigenvalue weighted by Gasteiger charge is -2.13. The molecule has 0 saturated carbocycles. The highest BCUT2D eigenvalue weighted by Gasteiger charge is 2.32. The number of halogens is 3. The Morgan fingerprint density at radius 1 is 1.09 bits per heavy atom. The summed E-state index contributed by atoms with van der Waals surface area (Å²) in [5.41, 5.74) is 0.0723. The minimum atomic E-state index is -4.62. The zero-order valence-corrected chi connectivity index (χ0v) is 18.2. The molecular formula is C22H20F3N3O4S. The number of hydrogen-bond donors (Lipinski definition) is 2. The molecule has 0 aliphatic rings. The molecule has 0 bridgehead atoms. The summed E-state index contributed by atoms with van der Waals surface area (Å²) in [6.07, 6.45) is -1.39. The number of carbonyl (C=O) groups is 1. The van der Waals surface area contributed by atoms with Crippen LogP contribution in [0.1, 0.15) is 16.7 Å². The Kier molecular flexibility index (Phi) is 7.22. The first-order valence-electron chi connectivity index (χ1n) is 9.59. The van der Waals surface area contributed by atoms with Crippen molar-refractivity contribution in [2.45, 2.75) is 23.4 Å². The van der Waals surface area contributed by atoms with Crippen molar-refractivity contribution in [2.24, 2.45) is 0 Å². The van der Waals surface area contributed by atoms with Gasteiger partial charge in [-0.25, -0.2) is 13.2 Å². The molecule has 2 N–H and O–H groups in total. The molecule has 0 spiro atoms. The third-order valence-corrected chi connectivity index (χ3v) is 6.28. The summed E-state index contributed by atoms with van der Waals surface area (Å²) in [4.78, 5) is 15.9. The van der Waals surface area contributed by atoms with E-state index in [0.717, 1.165) is 23.8 Å². The molecule has 33 heavy (non-hydrogen) atoms. The maximum atomic E-state index is 13.0. The summed E-state index contributed by atoms with van der Waals surface area (Å²) in [5, 5.41) is 5.21. The number of aromatic nitrogens is 1. The third kappa shape index (κ3) is 6.45. The quantitative estimate of drug-likeness (QED) is 0.523. The second kappa shape index (κ2) is 9.90. The number of benzene rings is 2. The standard InChI is InChI=1S/C22H20F3N3O4S/c1-32-20-9-4-17(22(23,24)25)11-16(20)14-33(30,31)19-7-5-18(6-8-19)28-21(29)27-13-15-3-2-10-26-12-15/h2-12H,13-14H2,1H3,(H2,27,28,29). The molecule has 3 rings (SSSR count). The highest BCUT2D eigenvalue weighted by atomic mass is 32.2. The van der Waals surface area contributed by atoms with Crippen LogP contribution in [0.4, 0.5) is 23.7 Å². The highest BCUT2D eigenvalue weighted by molar-refractivity contribution is 7.90. The average molecular weight is 479 g/mol. The zero-order valence-electron chi connectivity index (χ0n) is 17.4. The summed E-state index contributed by atoms with van der Waals surface area (Å²) >= 11 is 0. The molecule has 174 valence electrons. The Balaban J connectivity index is 1.69. The Morgan fingerprint density at radius 3 is 2.42 bits per heavy atom. The van der Waals surface area contributed by atoms with Crippen molar-refractivity contribution in [1.82, 2.24) is 10.3 Å². The fourth-order valence-corrected chi connectivity index (χ4v) is 4.31. The van der Waals surface area contributed by atoms with E-state index in [4.69, 9.17) is 4.74 Å². The normalized spacial score (nSPS) is 11.6. The molecule has 2 amide bonds. The lowest BCUT2D eigenvalue weighted by atomic mass is 10.1. The number of ether oxygens (including phenoxy) is 1. The van der Waals surface area contributed by atoms with Crippen molar-refractivity contribution in [1.29, 1.82) is 0 Å². The van der Waals surface area contributed by atoms with Crippen LogP contribution in [0.25, 0.3) is 0 Å². The van der Waals surface area contributed by atoms with Crippen LogP contribution >= 0.6 is 0 Å². The second-order valence-corrected chi connectivity index (χ2v) is 8.97. The third-order valence-electron chi connectivity index (χ3n) is 4.60. The summed E-state index contributed by atoms with van der Waals surface area (Å²) < 4.78 is 69.7. The van der Waals surface area contributed by atoms with Gasteiger partial charge in [-0.3, -0.25) is 4.98 Å². The van der Waals surface area contributed by atoms with Gasteiger partial charge in [0.2, 0.25) is 0 Å². The largest absolute Gasteiger partial charge is 0.496 e. The minimum Gasteiger partial charge on any atom is -0.496 e. The van der Waals surface area contributed by atoms with Crippen molar-refractivity contribution < 1.29 is 31.1 Å². The number of nitrogens with one attached hydrogen (secondary N) is 2. The SMILES string of the molecule is COc1ccc(C(F)(F)F)cc1CS(=O)(=O)c1ccc(NC(=O)NCc2cccnc2)cc1. The molecule has 11 heteroatoms. The average Bonchev–Trinajstić information content (AvgIpc) is 2.78. The Labute approximate surface area is 188 Å². The van der Waals surface area contributed by atoms with Crippen LogP contribution in [0, 0.1) is 0 Å². The fourth-order valence-electron chi connectivity index (χ4n) is 2.96. The first kappa shape index (κ1) is 24.1. The van der Waals surface area contributed by atoms with Gasteiger partial charge < -0.3 is 15.4 Å². The molecule has 0 unspecified atom stereocenters. The van der Waals surface area contributed by atoms with Gasteiger partial charge in [-0.1, -0.05) is 6.07 Å². The van der Waals surface area contributed by atoms with Gasteiger partial charge in [0.25, 0.3) is 0 Å². The maximum absolute atomic E-state index is 13.0. The van der Waals surface area contributed by atoms with E-state index in [1.807, 2.05) is 0 Å². The first-order chi connectivity index (χ1) is 15.6. The van der Waals surface area contributed by atoms with E-state index in [2.05, 4.69) is 15.6 Å². The number of hydrogen-bond acceptors (Lipinski definition) is 5. The van der Waals surface area contributed by atoms with E-state index >= 15 is 0 Å². The number of nitrogens with zero attached hydrogens (tertiary/aromatic N) is 1. The zero-order chi connectivity index (χ0) is 24.1. The van der Waals surface area contributed by atoms with E-state index < -0.39 is 33.4 Å². The van der Waals surface area contributed by atoms with E-state index in [-0.39, 0.29) is 22.8 Å². The predicted molar refractivity (Wildman–Crippen MR) is 115 cm³/mol. The van der Waals surface area contributed by atoms with Gasteiger partial charge in [-0.2, -0.15) is 13.2 Å². The Morgan fingerprint density at radius 2 is 1.82 bits per heavy atom. The van der Waals surface area contributed by atoms with Crippen LogP contribution in [0.5, 0.6) is 5.75 Å². The van der Waals surface area contributed by atoms with E-state index in [1.165, 1.54) is 31.4 Å². The van der Waals surface area contributed by atoms with Gasteiger partial charge in [0.1, 0.15) is 5.75 Å². The van der Waals surface area contributed by atoms with Gasteiger partial charge in [0.05, 0.1) is 23.3 Å². The van der Waals surface area contributed by atoms with E-state index in [9.17, 15) is 26.4 Å². The number of urea groups is 1. The van der Waals surface area contributed by atoms with Crippen molar-refractivity contribution in [3.63, 3.8) is 0 Å². The molecule has 0 saturated heterocycles. The summed E-state index contributed by atoms with van der Waals surface area (Å²) in [7, 11) is -2.73. The molecule has 0 radical (unpaired) electrons. The molecule has 1 heterocycles. The lowest BCUT2D eigenvalue weighted by Crippen LogP contribution is -2.28. The van der Waals surface area contributed by atoms with Crippen LogP contribution in [0.2, 0.25) is 0 Å². The number of carbonyl (C=O) groups excluding carboxylic acids is 1. The summed E-state index contributed by atoms with van der Waals surface area (Å²) in [5.74, 6) is -0.645. The molecule has 0 atom stereocenters. The predicted octanol–water partition coefficient (Wildman–Crippen LogP) is 4.40. The molecule has 7 nitrogen and oxygen atoms in total. The van der Waals surface area contributed by atoms with E-state index in [1.54, 1.807) is 24.5 Å². The van der Waals surface area contributed by atoms with Crippen LogP contribution in [-0.4, -0.2) is 26.5 Å². The molecule has 0 aliphatic heterocycles. The smallest absolute Gasteiger partial charge is 0.416 e. The number of rotatable bonds is 7.